The van der Waals surface area contributed by atoms with Gasteiger partial charge in [0.1, 0.15) is 10.6 Å². The predicted molar refractivity (Wildman–Crippen MR) is 123 cm³/mol. The standard InChI is InChI=1S/C22H19N3O7S/c1-4-32-22(27)19-18(14-8-10-15(11-9-14)24(28)29)13(3)33-21(19)23-20(26)16-6-5-7-17(12(16)2)25(30)31/h5-11H,4H2,1-3H3,(H,23,26). The van der Waals surface area contributed by atoms with Crippen LogP contribution in [-0.4, -0.2) is 28.3 Å². The highest BCUT2D eigenvalue weighted by molar-refractivity contribution is 7.17. The molecule has 1 amide bonds. The van der Waals surface area contributed by atoms with E-state index in [4.69, 9.17) is 4.74 Å². The van der Waals surface area contributed by atoms with Crippen molar-refractivity contribution >= 4 is 39.6 Å². The minimum absolute atomic E-state index is 0.0982. The van der Waals surface area contributed by atoms with E-state index in [2.05, 4.69) is 5.32 Å². The van der Waals surface area contributed by atoms with Crippen LogP contribution < -0.4 is 5.32 Å². The van der Waals surface area contributed by atoms with Gasteiger partial charge < -0.3 is 10.1 Å². The number of esters is 1. The number of benzene rings is 2. The smallest absolute Gasteiger partial charge is 0.341 e. The van der Waals surface area contributed by atoms with Gasteiger partial charge in [-0.3, -0.25) is 25.0 Å². The molecule has 3 rings (SSSR count). The lowest BCUT2D eigenvalue weighted by Gasteiger charge is -2.10. The molecule has 1 N–H and O–H groups in total. The molecule has 3 aromatic rings. The molecule has 0 unspecified atom stereocenters. The molecule has 0 aliphatic rings. The average Bonchev–Trinajstić information content (AvgIpc) is 3.09. The molecule has 0 bridgehead atoms. The van der Waals surface area contributed by atoms with Gasteiger partial charge in [-0.2, -0.15) is 0 Å². The number of nitro groups is 2. The second kappa shape index (κ2) is 9.57. The van der Waals surface area contributed by atoms with E-state index in [1.807, 2.05) is 0 Å². The number of aryl methyl sites for hydroxylation is 1. The summed E-state index contributed by atoms with van der Waals surface area (Å²) in [5.41, 5.74) is 1.15. The van der Waals surface area contributed by atoms with Crippen LogP contribution in [0.15, 0.2) is 42.5 Å². The lowest BCUT2D eigenvalue weighted by Crippen LogP contribution is -2.16. The number of amides is 1. The normalized spacial score (nSPS) is 10.5. The fourth-order valence-electron chi connectivity index (χ4n) is 3.37. The molecule has 1 aromatic heterocycles. The molecule has 170 valence electrons. The number of carbonyl (C=O) groups is 2. The lowest BCUT2D eigenvalue weighted by molar-refractivity contribution is -0.385. The number of non-ortho nitro benzene ring substituents is 1. The van der Waals surface area contributed by atoms with Crippen molar-refractivity contribution in [3.8, 4) is 11.1 Å². The highest BCUT2D eigenvalue weighted by Gasteiger charge is 2.27. The first-order valence-corrected chi connectivity index (χ1v) is 10.6. The third-order valence-corrected chi connectivity index (χ3v) is 5.92. The quantitative estimate of drug-likeness (QED) is 0.282. The summed E-state index contributed by atoms with van der Waals surface area (Å²) in [6, 6.07) is 9.86. The first-order chi connectivity index (χ1) is 15.6. The molecule has 0 aliphatic heterocycles. The third kappa shape index (κ3) is 4.72. The molecule has 0 atom stereocenters. The van der Waals surface area contributed by atoms with Crippen molar-refractivity contribution in [1.82, 2.24) is 0 Å². The van der Waals surface area contributed by atoms with Crippen molar-refractivity contribution < 1.29 is 24.2 Å². The molecule has 0 spiro atoms. The summed E-state index contributed by atoms with van der Waals surface area (Å²) in [7, 11) is 0. The Kier molecular flexibility index (Phi) is 6.83. The van der Waals surface area contributed by atoms with Crippen LogP contribution in [0.25, 0.3) is 11.1 Å². The maximum atomic E-state index is 13.0. The number of nitro benzene ring substituents is 2. The van der Waals surface area contributed by atoms with Gasteiger partial charge in [0.25, 0.3) is 17.3 Å². The van der Waals surface area contributed by atoms with Crippen molar-refractivity contribution in [2.45, 2.75) is 20.8 Å². The third-order valence-electron chi connectivity index (χ3n) is 4.90. The molecule has 0 aliphatic carbocycles. The lowest BCUT2D eigenvalue weighted by atomic mass is 10.0. The number of hydrogen-bond acceptors (Lipinski definition) is 8. The van der Waals surface area contributed by atoms with E-state index in [1.54, 1.807) is 13.8 Å². The van der Waals surface area contributed by atoms with Gasteiger partial charge in [0.05, 0.1) is 16.5 Å². The Hall–Kier alpha value is -4.12. The van der Waals surface area contributed by atoms with Crippen LogP contribution in [0.1, 0.15) is 38.1 Å². The Morgan fingerprint density at radius 2 is 1.70 bits per heavy atom. The Morgan fingerprint density at radius 3 is 2.27 bits per heavy atom. The summed E-state index contributed by atoms with van der Waals surface area (Å²) < 4.78 is 5.19. The van der Waals surface area contributed by atoms with E-state index in [9.17, 15) is 29.8 Å². The van der Waals surface area contributed by atoms with E-state index in [0.717, 1.165) is 11.3 Å². The van der Waals surface area contributed by atoms with Crippen molar-refractivity contribution in [2.75, 3.05) is 11.9 Å². The summed E-state index contributed by atoms with van der Waals surface area (Å²) in [6.07, 6.45) is 0. The molecule has 33 heavy (non-hydrogen) atoms. The fraction of sp³-hybridized carbons (Fsp3) is 0.182. The summed E-state index contributed by atoms with van der Waals surface area (Å²) in [4.78, 5) is 47.5. The van der Waals surface area contributed by atoms with Gasteiger partial charge in [-0.1, -0.05) is 6.07 Å². The monoisotopic (exact) mass is 469 g/mol. The van der Waals surface area contributed by atoms with Crippen LogP contribution in [-0.2, 0) is 4.74 Å². The zero-order valence-corrected chi connectivity index (χ0v) is 18.7. The van der Waals surface area contributed by atoms with Crippen LogP contribution >= 0.6 is 11.3 Å². The van der Waals surface area contributed by atoms with Gasteiger partial charge in [-0.15, -0.1) is 11.3 Å². The summed E-state index contributed by atoms with van der Waals surface area (Å²) in [6.45, 7) is 4.97. The number of nitrogens with one attached hydrogen (secondary N) is 1. The Labute approximate surface area is 192 Å². The average molecular weight is 469 g/mol. The van der Waals surface area contributed by atoms with Crippen LogP contribution in [0.3, 0.4) is 0 Å². The van der Waals surface area contributed by atoms with Crippen LogP contribution in [0, 0.1) is 34.1 Å². The number of ether oxygens (including phenoxy) is 1. The predicted octanol–water partition coefficient (Wildman–Crippen LogP) is 5.28. The molecule has 0 fully saturated rings. The van der Waals surface area contributed by atoms with Crippen LogP contribution in [0.5, 0.6) is 0 Å². The second-order valence-corrected chi connectivity index (χ2v) is 8.15. The largest absolute Gasteiger partial charge is 0.462 e. The number of thiophene rings is 1. The van der Waals surface area contributed by atoms with E-state index < -0.39 is 21.7 Å². The zero-order chi connectivity index (χ0) is 24.3. The highest BCUT2D eigenvalue weighted by atomic mass is 32.1. The van der Waals surface area contributed by atoms with Crippen molar-refractivity contribution in [2.24, 2.45) is 0 Å². The zero-order valence-electron chi connectivity index (χ0n) is 17.9. The van der Waals surface area contributed by atoms with Gasteiger partial charge in [0, 0.05) is 39.8 Å². The summed E-state index contributed by atoms with van der Waals surface area (Å²) in [5.74, 6) is -1.28. The molecule has 0 radical (unpaired) electrons. The number of anilines is 1. The fourth-order valence-corrected chi connectivity index (χ4v) is 4.43. The number of hydrogen-bond donors (Lipinski definition) is 1. The molecular weight excluding hydrogens is 450 g/mol. The second-order valence-electron chi connectivity index (χ2n) is 6.92. The topological polar surface area (TPSA) is 142 Å². The first-order valence-electron chi connectivity index (χ1n) is 9.76. The first kappa shape index (κ1) is 23.5. The van der Waals surface area contributed by atoms with Crippen molar-refractivity contribution in [3.05, 3.63) is 84.3 Å². The minimum Gasteiger partial charge on any atom is -0.462 e. The van der Waals surface area contributed by atoms with E-state index >= 15 is 0 Å². The molecule has 0 saturated heterocycles. The molecule has 10 nitrogen and oxygen atoms in total. The molecule has 1 heterocycles. The molecule has 11 heteroatoms. The van der Waals surface area contributed by atoms with E-state index in [0.29, 0.717) is 16.0 Å². The Morgan fingerprint density at radius 1 is 1.03 bits per heavy atom. The number of rotatable bonds is 7. The molecule has 2 aromatic carbocycles. The summed E-state index contributed by atoms with van der Waals surface area (Å²) >= 11 is 1.14. The van der Waals surface area contributed by atoms with Gasteiger partial charge in [-0.25, -0.2) is 4.79 Å². The highest BCUT2D eigenvalue weighted by Crippen LogP contribution is 2.41. The minimum atomic E-state index is -0.665. The number of nitrogens with zero attached hydrogens (tertiary/aromatic N) is 2. The maximum Gasteiger partial charge on any atom is 0.341 e. The van der Waals surface area contributed by atoms with Gasteiger partial charge >= 0.3 is 5.97 Å². The SMILES string of the molecule is CCOC(=O)c1c(NC(=O)c2cccc([N+](=O)[O-])c2C)sc(C)c1-c1ccc([N+](=O)[O-])cc1. The van der Waals surface area contributed by atoms with Gasteiger partial charge in [-0.05, 0) is 44.5 Å². The van der Waals surface area contributed by atoms with Crippen molar-refractivity contribution in [3.63, 3.8) is 0 Å². The van der Waals surface area contributed by atoms with E-state index in [-0.39, 0.29) is 39.7 Å². The summed E-state index contributed by atoms with van der Waals surface area (Å²) in [5, 5.41) is 25.1. The maximum absolute atomic E-state index is 13.0. The van der Waals surface area contributed by atoms with Crippen LogP contribution in [0.4, 0.5) is 16.4 Å². The molecular formula is C22H19N3O7S. The van der Waals surface area contributed by atoms with E-state index in [1.165, 1.54) is 49.4 Å². The van der Waals surface area contributed by atoms with Crippen LogP contribution in [0.2, 0.25) is 0 Å². The van der Waals surface area contributed by atoms with Gasteiger partial charge in [0.15, 0.2) is 0 Å². The molecule has 0 saturated carbocycles. The Bertz CT molecular complexity index is 1270. The van der Waals surface area contributed by atoms with Crippen molar-refractivity contribution in [1.29, 1.82) is 0 Å². The number of carbonyl (C=O) groups excluding carboxylic acids is 2. The van der Waals surface area contributed by atoms with Gasteiger partial charge in [0.2, 0.25) is 0 Å². The Balaban J connectivity index is 2.08.